The fourth-order valence-corrected chi connectivity index (χ4v) is 3.38. The fraction of sp³-hybridized carbons (Fsp3) is 0.450. The summed E-state index contributed by atoms with van der Waals surface area (Å²) >= 11 is 0. The number of carbonyl (C=O) groups excluding carboxylic acids is 2. The molecule has 2 aliphatic rings. The van der Waals surface area contributed by atoms with Crippen molar-refractivity contribution < 1.29 is 9.59 Å². The number of amides is 2. The van der Waals surface area contributed by atoms with Gasteiger partial charge in [-0.05, 0) is 50.1 Å². The van der Waals surface area contributed by atoms with E-state index in [1.807, 2.05) is 46.8 Å². The lowest BCUT2D eigenvalue weighted by Gasteiger charge is -2.34. The van der Waals surface area contributed by atoms with Crippen LogP contribution in [0, 0.1) is 6.92 Å². The van der Waals surface area contributed by atoms with Gasteiger partial charge in [-0.1, -0.05) is 0 Å². The first-order valence-corrected chi connectivity index (χ1v) is 9.52. The lowest BCUT2D eigenvalue weighted by atomic mass is 10.1. The SMILES string of the molecule is Cc1ccnn1-c1ccc(C(=O)N2CCN(CC(=O)NC3CC3)CC2)cc1. The standard InChI is InChI=1S/C20H25N5O2/c1-15-8-9-21-25(15)18-6-2-16(3-7-18)20(27)24-12-10-23(11-13-24)14-19(26)22-17-4-5-17/h2-3,6-9,17H,4-5,10-14H2,1H3,(H,22,26). The largest absolute Gasteiger partial charge is 0.352 e. The molecule has 4 rings (SSSR count). The first kappa shape index (κ1) is 17.7. The van der Waals surface area contributed by atoms with Gasteiger partial charge in [-0.2, -0.15) is 5.10 Å². The summed E-state index contributed by atoms with van der Waals surface area (Å²) in [4.78, 5) is 28.6. The molecule has 0 bridgehead atoms. The molecular weight excluding hydrogens is 342 g/mol. The van der Waals surface area contributed by atoms with Crippen LogP contribution in [0.15, 0.2) is 36.5 Å². The van der Waals surface area contributed by atoms with Crippen molar-refractivity contribution in [2.24, 2.45) is 0 Å². The van der Waals surface area contributed by atoms with Crippen LogP contribution in [0.3, 0.4) is 0 Å². The number of nitrogens with one attached hydrogen (secondary N) is 1. The van der Waals surface area contributed by atoms with E-state index in [4.69, 9.17) is 0 Å². The molecule has 1 aliphatic heterocycles. The van der Waals surface area contributed by atoms with Crippen LogP contribution >= 0.6 is 0 Å². The Hall–Kier alpha value is -2.67. The van der Waals surface area contributed by atoms with E-state index >= 15 is 0 Å². The van der Waals surface area contributed by atoms with Gasteiger partial charge < -0.3 is 10.2 Å². The minimum atomic E-state index is 0.0424. The van der Waals surface area contributed by atoms with Crippen LogP contribution < -0.4 is 5.32 Å². The normalized spacial score (nSPS) is 17.7. The topological polar surface area (TPSA) is 70.5 Å². The minimum Gasteiger partial charge on any atom is -0.352 e. The molecule has 1 aromatic carbocycles. The predicted molar refractivity (Wildman–Crippen MR) is 102 cm³/mol. The number of hydrogen-bond acceptors (Lipinski definition) is 4. The Morgan fingerprint density at radius 3 is 2.37 bits per heavy atom. The van der Waals surface area contributed by atoms with Gasteiger partial charge in [0.15, 0.2) is 0 Å². The molecule has 1 saturated carbocycles. The molecule has 27 heavy (non-hydrogen) atoms. The zero-order valence-corrected chi connectivity index (χ0v) is 15.6. The number of piperazine rings is 1. The van der Waals surface area contributed by atoms with Crippen LogP contribution in [0.2, 0.25) is 0 Å². The van der Waals surface area contributed by atoms with Crippen molar-refractivity contribution in [1.29, 1.82) is 0 Å². The molecule has 2 aromatic rings. The second kappa shape index (κ2) is 7.52. The predicted octanol–water partition coefficient (Wildman–Crippen LogP) is 1.22. The van der Waals surface area contributed by atoms with Gasteiger partial charge >= 0.3 is 0 Å². The molecule has 2 amide bonds. The Morgan fingerprint density at radius 1 is 1.07 bits per heavy atom. The maximum absolute atomic E-state index is 12.8. The summed E-state index contributed by atoms with van der Waals surface area (Å²) < 4.78 is 1.85. The van der Waals surface area contributed by atoms with E-state index in [1.165, 1.54) is 0 Å². The van der Waals surface area contributed by atoms with E-state index < -0.39 is 0 Å². The Morgan fingerprint density at radius 2 is 1.78 bits per heavy atom. The van der Waals surface area contributed by atoms with Crippen LogP contribution in [-0.4, -0.2) is 70.2 Å². The Balaban J connectivity index is 1.31. The third-order valence-electron chi connectivity index (χ3n) is 5.16. The smallest absolute Gasteiger partial charge is 0.253 e. The molecule has 1 aromatic heterocycles. The average Bonchev–Trinajstić information content (AvgIpc) is 3.39. The maximum Gasteiger partial charge on any atom is 0.253 e. The minimum absolute atomic E-state index is 0.0424. The van der Waals surface area contributed by atoms with Crippen LogP contribution in [0.25, 0.3) is 5.69 Å². The van der Waals surface area contributed by atoms with Crippen LogP contribution in [0.4, 0.5) is 0 Å². The van der Waals surface area contributed by atoms with E-state index in [-0.39, 0.29) is 11.8 Å². The molecule has 2 heterocycles. The molecule has 0 unspecified atom stereocenters. The molecule has 0 atom stereocenters. The monoisotopic (exact) mass is 367 g/mol. The number of rotatable bonds is 5. The second-order valence-corrected chi connectivity index (χ2v) is 7.34. The number of benzene rings is 1. The van der Waals surface area contributed by atoms with Gasteiger partial charge in [-0.3, -0.25) is 14.5 Å². The summed E-state index contributed by atoms with van der Waals surface area (Å²) in [5.41, 5.74) is 2.68. The average molecular weight is 367 g/mol. The van der Waals surface area contributed by atoms with Gasteiger partial charge in [0.05, 0.1) is 12.2 Å². The summed E-state index contributed by atoms with van der Waals surface area (Å²) in [5, 5.41) is 7.30. The van der Waals surface area contributed by atoms with Crippen molar-refractivity contribution in [1.82, 2.24) is 24.9 Å². The zero-order chi connectivity index (χ0) is 18.8. The van der Waals surface area contributed by atoms with E-state index in [0.29, 0.717) is 31.2 Å². The summed E-state index contributed by atoms with van der Waals surface area (Å²) in [6.45, 7) is 5.18. The van der Waals surface area contributed by atoms with Gasteiger partial charge in [0.25, 0.3) is 5.91 Å². The van der Waals surface area contributed by atoms with E-state index in [0.717, 1.165) is 37.3 Å². The molecule has 1 aliphatic carbocycles. The summed E-state index contributed by atoms with van der Waals surface area (Å²) in [7, 11) is 0. The first-order valence-electron chi connectivity index (χ1n) is 9.52. The summed E-state index contributed by atoms with van der Waals surface area (Å²) in [6, 6.07) is 9.90. The highest BCUT2D eigenvalue weighted by molar-refractivity contribution is 5.94. The van der Waals surface area contributed by atoms with Gasteiger partial charge in [-0.25, -0.2) is 4.68 Å². The molecular formula is C20H25N5O2. The third-order valence-corrected chi connectivity index (χ3v) is 5.16. The first-order chi connectivity index (χ1) is 13.1. The van der Waals surface area contributed by atoms with Gasteiger partial charge in [0.2, 0.25) is 5.91 Å². The quantitative estimate of drug-likeness (QED) is 0.863. The Bertz CT molecular complexity index is 817. The van der Waals surface area contributed by atoms with Crippen LogP contribution in [0.5, 0.6) is 0 Å². The molecule has 7 nitrogen and oxygen atoms in total. The molecule has 1 saturated heterocycles. The van der Waals surface area contributed by atoms with Crippen molar-refractivity contribution in [2.75, 3.05) is 32.7 Å². The highest BCUT2D eigenvalue weighted by atomic mass is 16.2. The molecule has 142 valence electrons. The molecule has 0 radical (unpaired) electrons. The van der Waals surface area contributed by atoms with Crippen molar-refractivity contribution in [3.63, 3.8) is 0 Å². The third kappa shape index (κ3) is 4.19. The zero-order valence-electron chi connectivity index (χ0n) is 15.6. The van der Waals surface area contributed by atoms with Crippen molar-refractivity contribution in [2.45, 2.75) is 25.8 Å². The summed E-state index contributed by atoms with van der Waals surface area (Å²) in [6.07, 6.45) is 3.97. The lowest BCUT2D eigenvalue weighted by molar-refractivity contribution is -0.122. The lowest BCUT2D eigenvalue weighted by Crippen LogP contribution is -2.51. The maximum atomic E-state index is 12.8. The van der Waals surface area contributed by atoms with Crippen LogP contribution in [0.1, 0.15) is 28.9 Å². The number of aryl methyl sites for hydroxylation is 1. The highest BCUT2D eigenvalue weighted by Crippen LogP contribution is 2.18. The molecule has 0 spiro atoms. The Labute approximate surface area is 158 Å². The van der Waals surface area contributed by atoms with Crippen molar-refractivity contribution in [3.05, 3.63) is 47.8 Å². The van der Waals surface area contributed by atoms with Gasteiger partial charge in [0.1, 0.15) is 0 Å². The summed E-state index contributed by atoms with van der Waals surface area (Å²) in [5.74, 6) is 0.141. The fourth-order valence-electron chi connectivity index (χ4n) is 3.38. The van der Waals surface area contributed by atoms with E-state index in [2.05, 4.69) is 15.3 Å². The molecule has 7 heteroatoms. The van der Waals surface area contributed by atoms with Crippen LogP contribution in [-0.2, 0) is 4.79 Å². The van der Waals surface area contributed by atoms with E-state index in [1.54, 1.807) is 6.20 Å². The molecule has 2 fully saturated rings. The highest BCUT2D eigenvalue weighted by Gasteiger charge is 2.26. The van der Waals surface area contributed by atoms with E-state index in [9.17, 15) is 9.59 Å². The molecule has 1 N–H and O–H groups in total. The van der Waals surface area contributed by atoms with Crippen molar-refractivity contribution >= 4 is 11.8 Å². The Kier molecular flexibility index (Phi) is 4.94. The van der Waals surface area contributed by atoms with Gasteiger partial charge in [0, 0.05) is 49.7 Å². The number of carbonyl (C=O) groups is 2. The van der Waals surface area contributed by atoms with Gasteiger partial charge in [-0.15, -0.1) is 0 Å². The number of hydrogen-bond donors (Lipinski definition) is 1. The number of aromatic nitrogens is 2. The van der Waals surface area contributed by atoms with Crippen molar-refractivity contribution in [3.8, 4) is 5.69 Å². The number of nitrogens with zero attached hydrogens (tertiary/aromatic N) is 4. The second-order valence-electron chi connectivity index (χ2n) is 7.34.